The minimum Gasteiger partial charge on any atom is -0.503 e. The number of nitrogens with zero attached hydrogens (tertiary/aromatic N) is 2. The number of aryl methyl sites for hydroxylation is 1. The number of rotatable bonds is 8. The van der Waals surface area contributed by atoms with Gasteiger partial charge in [0, 0.05) is 32.5 Å². The predicted molar refractivity (Wildman–Crippen MR) is 100.0 cm³/mol. The molecule has 1 aromatic heterocycles. The first-order valence-corrected chi connectivity index (χ1v) is 8.83. The number of pyridine rings is 1. The number of hydrogen-bond donors (Lipinski definition) is 1. The molecule has 1 amide bonds. The Balaban J connectivity index is 1.87. The summed E-state index contributed by atoms with van der Waals surface area (Å²) in [5.41, 5.74) is 1.92. The molecule has 1 aliphatic heterocycles. The molecule has 1 atom stereocenters. The van der Waals surface area contributed by atoms with Gasteiger partial charge in [0.1, 0.15) is 0 Å². The number of carbonyl (C=O) groups is 2. The highest BCUT2D eigenvalue weighted by Gasteiger charge is 2.42. The summed E-state index contributed by atoms with van der Waals surface area (Å²) in [5.74, 6) is -1.24. The summed E-state index contributed by atoms with van der Waals surface area (Å²) in [4.78, 5) is 31.0. The van der Waals surface area contributed by atoms with Crippen LogP contribution in [0.3, 0.4) is 0 Å². The molecule has 140 valence electrons. The van der Waals surface area contributed by atoms with Crippen molar-refractivity contribution in [2.24, 2.45) is 0 Å². The fraction of sp³-hybridized carbons (Fsp3) is 0.286. The molecule has 0 spiro atoms. The van der Waals surface area contributed by atoms with Crippen LogP contribution < -0.4 is 0 Å². The van der Waals surface area contributed by atoms with Gasteiger partial charge in [-0.05, 0) is 29.7 Å². The fourth-order valence-corrected chi connectivity index (χ4v) is 3.29. The Morgan fingerprint density at radius 2 is 1.89 bits per heavy atom. The summed E-state index contributed by atoms with van der Waals surface area (Å²) in [6.45, 7) is 0.591. The summed E-state index contributed by atoms with van der Waals surface area (Å²) < 4.78 is 5.08. The molecule has 0 saturated carbocycles. The molecule has 0 saturated heterocycles. The Hall–Kier alpha value is -2.99. The Kier molecular flexibility index (Phi) is 5.98. The molecule has 0 radical (unpaired) electrons. The number of benzene rings is 1. The number of ether oxygens (including phenoxy) is 1. The number of methoxy groups -OCH3 is 1. The largest absolute Gasteiger partial charge is 0.503 e. The Bertz CT molecular complexity index is 834. The first kappa shape index (κ1) is 18.8. The average Bonchev–Trinajstić information content (AvgIpc) is 2.96. The molecule has 0 fully saturated rings. The molecule has 2 heterocycles. The van der Waals surface area contributed by atoms with E-state index in [1.165, 1.54) is 4.90 Å². The van der Waals surface area contributed by atoms with E-state index in [0.29, 0.717) is 13.0 Å². The van der Waals surface area contributed by atoms with E-state index in [-0.39, 0.29) is 24.3 Å². The van der Waals surface area contributed by atoms with Gasteiger partial charge in [-0.25, -0.2) is 0 Å². The molecule has 6 nitrogen and oxygen atoms in total. The SMILES string of the molecule is COCCN1C(=O)C(O)=C(C(=O)CCc2ccccc2)C1c1ccncc1. The molecule has 1 aromatic carbocycles. The molecular formula is C21H22N2O4. The van der Waals surface area contributed by atoms with Crippen LogP contribution in [-0.2, 0) is 20.7 Å². The third-order valence-corrected chi connectivity index (χ3v) is 4.65. The van der Waals surface area contributed by atoms with Crippen LogP contribution in [0.25, 0.3) is 0 Å². The van der Waals surface area contributed by atoms with Crippen molar-refractivity contribution >= 4 is 11.7 Å². The van der Waals surface area contributed by atoms with Gasteiger partial charge < -0.3 is 14.7 Å². The molecule has 1 N–H and O–H groups in total. The maximum absolute atomic E-state index is 12.9. The normalized spacial score (nSPS) is 16.9. The maximum atomic E-state index is 12.9. The predicted octanol–water partition coefficient (Wildman–Crippen LogP) is 2.63. The fourth-order valence-electron chi connectivity index (χ4n) is 3.29. The van der Waals surface area contributed by atoms with Crippen LogP contribution in [0.1, 0.15) is 23.6 Å². The van der Waals surface area contributed by atoms with Crippen molar-refractivity contribution in [2.45, 2.75) is 18.9 Å². The number of aliphatic hydroxyl groups excluding tert-OH is 1. The van der Waals surface area contributed by atoms with Crippen molar-refractivity contribution in [3.8, 4) is 0 Å². The summed E-state index contributed by atoms with van der Waals surface area (Å²) in [7, 11) is 1.54. The van der Waals surface area contributed by atoms with E-state index >= 15 is 0 Å². The first-order chi connectivity index (χ1) is 13.1. The lowest BCUT2D eigenvalue weighted by Crippen LogP contribution is -2.34. The van der Waals surface area contributed by atoms with Crippen LogP contribution >= 0.6 is 0 Å². The minimum absolute atomic E-state index is 0.151. The van der Waals surface area contributed by atoms with Gasteiger partial charge in [-0.3, -0.25) is 14.6 Å². The molecule has 1 unspecified atom stereocenters. The second-order valence-electron chi connectivity index (χ2n) is 6.35. The van der Waals surface area contributed by atoms with Crippen molar-refractivity contribution in [2.75, 3.05) is 20.3 Å². The van der Waals surface area contributed by atoms with Crippen molar-refractivity contribution in [3.05, 3.63) is 77.3 Å². The number of amides is 1. The topological polar surface area (TPSA) is 79.7 Å². The van der Waals surface area contributed by atoms with E-state index in [1.807, 2.05) is 30.3 Å². The number of aliphatic hydroxyl groups is 1. The van der Waals surface area contributed by atoms with Crippen molar-refractivity contribution in [1.29, 1.82) is 0 Å². The lowest BCUT2D eigenvalue weighted by Gasteiger charge is -2.26. The maximum Gasteiger partial charge on any atom is 0.290 e. The average molecular weight is 366 g/mol. The molecule has 0 aliphatic carbocycles. The van der Waals surface area contributed by atoms with Crippen molar-refractivity contribution < 1.29 is 19.4 Å². The van der Waals surface area contributed by atoms with E-state index < -0.39 is 17.7 Å². The zero-order chi connectivity index (χ0) is 19.2. The second kappa shape index (κ2) is 8.60. The van der Waals surface area contributed by atoms with E-state index in [0.717, 1.165) is 11.1 Å². The molecular weight excluding hydrogens is 344 g/mol. The van der Waals surface area contributed by atoms with Gasteiger partial charge in [-0.1, -0.05) is 30.3 Å². The third-order valence-electron chi connectivity index (χ3n) is 4.65. The number of ketones is 1. The van der Waals surface area contributed by atoms with E-state index in [9.17, 15) is 14.7 Å². The highest BCUT2D eigenvalue weighted by atomic mass is 16.5. The Labute approximate surface area is 158 Å². The Morgan fingerprint density at radius 1 is 1.19 bits per heavy atom. The van der Waals surface area contributed by atoms with Crippen LogP contribution in [0.15, 0.2) is 66.2 Å². The van der Waals surface area contributed by atoms with Crippen LogP contribution in [-0.4, -0.2) is 46.9 Å². The summed E-state index contributed by atoms with van der Waals surface area (Å²) in [6.07, 6.45) is 3.98. The summed E-state index contributed by atoms with van der Waals surface area (Å²) in [6, 6.07) is 12.5. The van der Waals surface area contributed by atoms with Crippen LogP contribution in [0.2, 0.25) is 0 Å². The molecule has 2 aromatic rings. The van der Waals surface area contributed by atoms with Crippen molar-refractivity contribution in [1.82, 2.24) is 9.88 Å². The standard InChI is InChI=1S/C21H22N2O4/c1-27-14-13-23-19(16-9-11-22-12-10-16)18(20(25)21(23)26)17(24)8-7-15-5-3-2-4-6-15/h2-6,9-12,19,25H,7-8,13-14H2,1H3. The zero-order valence-corrected chi connectivity index (χ0v) is 15.2. The van der Waals surface area contributed by atoms with Gasteiger partial charge >= 0.3 is 0 Å². The smallest absolute Gasteiger partial charge is 0.290 e. The third kappa shape index (κ3) is 4.06. The molecule has 0 bridgehead atoms. The number of hydrogen-bond acceptors (Lipinski definition) is 5. The zero-order valence-electron chi connectivity index (χ0n) is 15.2. The minimum atomic E-state index is -0.626. The van der Waals surface area contributed by atoms with Gasteiger partial charge in [-0.2, -0.15) is 0 Å². The van der Waals surface area contributed by atoms with E-state index in [1.54, 1.807) is 31.6 Å². The molecule has 27 heavy (non-hydrogen) atoms. The van der Waals surface area contributed by atoms with Gasteiger partial charge in [0.05, 0.1) is 18.2 Å². The van der Waals surface area contributed by atoms with Crippen LogP contribution in [0, 0.1) is 0 Å². The highest BCUT2D eigenvalue weighted by molar-refractivity contribution is 6.09. The lowest BCUT2D eigenvalue weighted by molar-refractivity contribution is -0.130. The first-order valence-electron chi connectivity index (χ1n) is 8.83. The quantitative estimate of drug-likeness (QED) is 0.777. The lowest BCUT2D eigenvalue weighted by atomic mass is 9.94. The van der Waals surface area contributed by atoms with Gasteiger partial charge in [0.25, 0.3) is 5.91 Å². The van der Waals surface area contributed by atoms with Gasteiger partial charge in [0.2, 0.25) is 0 Å². The van der Waals surface area contributed by atoms with Gasteiger partial charge in [0.15, 0.2) is 11.5 Å². The Morgan fingerprint density at radius 3 is 2.56 bits per heavy atom. The number of aromatic nitrogens is 1. The van der Waals surface area contributed by atoms with Crippen LogP contribution in [0.5, 0.6) is 0 Å². The summed E-state index contributed by atoms with van der Waals surface area (Å²) in [5, 5.41) is 10.4. The second-order valence-corrected chi connectivity index (χ2v) is 6.35. The number of Topliss-reactive ketones (excluding diaryl/α,β-unsaturated/α-hetero) is 1. The van der Waals surface area contributed by atoms with E-state index in [2.05, 4.69) is 4.98 Å². The van der Waals surface area contributed by atoms with E-state index in [4.69, 9.17) is 4.74 Å². The summed E-state index contributed by atoms with van der Waals surface area (Å²) >= 11 is 0. The van der Waals surface area contributed by atoms with Crippen molar-refractivity contribution in [3.63, 3.8) is 0 Å². The molecule has 1 aliphatic rings. The number of carbonyl (C=O) groups excluding carboxylic acids is 2. The monoisotopic (exact) mass is 366 g/mol. The molecule has 6 heteroatoms. The molecule has 3 rings (SSSR count). The van der Waals surface area contributed by atoms with Crippen LogP contribution in [0.4, 0.5) is 0 Å². The van der Waals surface area contributed by atoms with Gasteiger partial charge in [-0.15, -0.1) is 0 Å². The highest BCUT2D eigenvalue weighted by Crippen LogP contribution is 2.37.